The number of alkyl halides is 3. The summed E-state index contributed by atoms with van der Waals surface area (Å²) < 4.78 is 60.7. The van der Waals surface area contributed by atoms with Crippen LogP contribution in [0.15, 0.2) is 0 Å². The van der Waals surface area contributed by atoms with Crippen LogP contribution in [-0.2, 0) is 10.0 Å². The Bertz CT molecular complexity index is 407. The molecule has 0 aromatic heterocycles. The highest BCUT2D eigenvalue weighted by Crippen LogP contribution is 2.30. The van der Waals surface area contributed by atoms with E-state index in [2.05, 4.69) is 5.92 Å². The molecule has 0 saturated heterocycles. The molecule has 0 heterocycles. The monoisotopic (exact) mass is 283 g/mol. The molecule has 1 fully saturated rings. The summed E-state index contributed by atoms with van der Waals surface area (Å²) in [6.45, 7) is 0.267. The van der Waals surface area contributed by atoms with Gasteiger partial charge in [0.15, 0.2) is 0 Å². The van der Waals surface area contributed by atoms with Crippen LogP contribution in [0.5, 0.6) is 0 Å². The minimum Gasteiger partial charge on any atom is -0.212 e. The SMILES string of the molecule is C#CCN(CC1CC1)S(=O)(=O)CCCC(F)(F)F. The molecule has 1 saturated carbocycles. The smallest absolute Gasteiger partial charge is 0.212 e. The average Bonchev–Trinajstić information content (AvgIpc) is 2.98. The second-order valence-electron chi connectivity index (χ2n) is 4.47. The molecular weight excluding hydrogens is 267 g/mol. The van der Waals surface area contributed by atoms with Gasteiger partial charge in [-0.2, -0.15) is 17.5 Å². The van der Waals surface area contributed by atoms with Gasteiger partial charge in [0.1, 0.15) is 0 Å². The summed E-state index contributed by atoms with van der Waals surface area (Å²) in [7, 11) is -3.67. The van der Waals surface area contributed by atoms with Gasteiger partial charge in [-0.05, 0) is 25.2 Å². The molecule has 0 N–H and O–H groups in total. The first kappa shape index (κ1) is 15.3. The van der Waals surface area contributed by atoms with Gasteiger partial charge < -0.3 is 0 Å². The minimum absolute atomic E-state index is 0.0646. The zero-order valence-electron chi connectivity index (χ0n) is 9.91. The van der Waals surface area contributed by atoms with Crippen LogP contribution >= 0.6 is 0 Å². The van der Waals surface area contributed by atoms with E-state index in [1.54, 1.807) is 0 Å². The highest BCUT2D eigenvalue weighted by molar-refractivity contribution is 7.89. The van der Waals surface area contributed by atoms with Crippen molar-refractivity contribution < 1.29 is 21.6 Å². The second-order valence-corrected chi connectivity index (χ2v) is 6.56. The molecule has 7 heteroatoms. The van der Waals surface area contributed by atoms with E-state index in [-0.39, 0.29) is 6.54 Å². The quantitative estimate of drug-likeness (QED) is 0.670. The molecule has 0 radical (unpaired) electrons. The molecule has 18 heavy (non-hydrogen) atoms. The van der Waals surface area contributed by atoms with E-state index in [9.17, 15) is 21.6 Å². The van der Waals surface area contributed by atoms with E-state index in [0.717, 1.165) is 17.1 Å². The molecule has 0 aliphatic heterocycles. The molecule has 0 amide bonds. The van der Waals surface area contributed by atoms with E-state index >= 15 is 0 Å². The number of sulfonamides is 1. The van der Waals surface area contributed by atoms with Crippen molar-refractivity contribution in [3.05, 3.63) is 0 Å². The van der Waals surface area contributed by atoms with Crippen molar-refractivity contribution in [3.8, 4) is 12.3 Å². The van der Waals surface area contributed by atoms with Crippen LogP contribution in [0.3, 0.4) is 0 Å². The molecule has 104 valence electrons. The molecule has 1 aliphatic carbocycles. The Kier molecular flexibility index (Phi) is 5.05. The normalized spacial score (nSPS) is 16.8. The van der Waals surface area contributed by atoms with Gasteiger partial charge in [0.2, 0.25) is 10.0 Å². The molecule has 0 bridgehead atoms. The number of rotatable bonds is 7. The molecule has 3 nitrogen and oxygen atoms in total. The minimum atomic E-state index is -4.32. The molecule has 0 atom stereocenters. The Hall–Kier alpha value is -0.740. The number of hydrogen-bond donors (Lipinski definition) is 0. The Morgan fingerprint density at radius 3 is 2.39 bits per heavy atom. The summed E-state index contributed by atoms with van der Waals surface area (Å²) in [5, 5.41) is 0. The first-order valence-corrected chi connectivity index (χ1v) is 7.33. The summed E-state index contributed by atoms with van der Waals surface area (Å²) >= 11 is 0. The zero-order valence-corrected chi connectivity index (χ0v) is 10.7. The second kappa shape index (κ2) is 5.93. The van der Waals surface area contributed by atoms with Crippen molar-refractivity contribution in [1.82, 2.24) is 4.31 Å². The summed E-state index contributed by atoms with van der Waals surface area (Å²) in [6, 6.07) is 0. The first-order valence-electron chi connectivity index (χ1n) is 5.72. The van der Waals surface area contributed by atoms with Crippen molar-refractivity contribution >= 4 is 10.0 Å². The Morgan fingerprint density at radius 2 is 1.94 bits per heavy atom. The number of terminal acetylenes is 1. The summed E-state index contributed by atoms with van der Waals surface area (Å²) in [5.74, 6) is 2.05. The van der Waals surface area contributed by atoms with E-state index in [4.69, 9.17) is 6.42 Å². The van der Waals surface area contributed by atoms with Gasteiger partial charge >= 0.3 is 6.18 Å². The predicted octanol–water partition coefficient (Wildman–Crippen LogP) is 2.00. The number of nitrogens with zero attached hydrogens (tertiary/aromatic N) is 1. The maximum absolute atomic E-state index is 12.0. The Balaban J connectivity index is 2.50. The molecule has 1 aliphatic rings. The molecule has 0 unspecified atom stereocenters. The number of hydrogen-bond acceptors (Lipinski definition) is 2. The van der Waals surface area contributed by atoms with Gasteiger partial charge in [0.05, 0.1) is 12.3 Å². The fourth-order valence-electron chi connectivity index (χ4n) is 1.55. The van der Waals surface area contributed by atoms with Crippen molar-refractivity contribution in [2.75, 3.05) is 18.8 Å². The van der Waals surface area contributed by atoms with Crippen molar-refractivity contribution in [1.29, 1.82) is 0 Å². The van der Waals surface area contributed by atoms with Gasteiger partial charge in [0, 0.05) is 13.0 Å². The highest BCUT2D eigenvalue weighted by Gasteiger charge is 2.32. The van der Waals surface area contributed by atoms with Crippen LogP contribution in [0.4, 0.5) is 13.2 Å². The van der Waals surface area contributed by atoms with Gasteiger partial charge in [-0.25, -0.2) is 8.42 Å². The lowest BCUT2D eigenvalue weighted by atomic mass is 10.3. The van der Waals surface area contributed by atoms with E-state index < -0.39 is 34.8 Å². The highest BCUT2D eigenvalue weighted by atomic mass is 32.2. The fraction of sp³-hybridized carbons (Fsp3) is 0.818. The van der Waals surface area contributed by atoms with Gasteiger partial charge in [0.25, 0.3) is 0 Å². The Labute approximate surface area is 105 Å². The van der Waals surface area contributed by atoms with Crippen molar-refractivity contribution in [2.24, 2.45) is 5.92 Å². The molecule has 0 aromatic carbocycles. The van der Waals surface area contributed by atoms with Crippen LogP contribution in [0.25, 0.3) is 0 Å². The van der Waals surface area contributed by atoms with Crippen LogP contribution in [0.2, 0.25) is 0 Å². The summed E-state index contributed by atoms with van der Waals surface area (Å²) in [5.41, 5.74) is 0. The zero-order chi connectivity index (χ0) is 13.8. The fourth-order valence-corrected chi connectivity index (χ4v) is 3.03. The van der Waals surface area contributed by atoms with Crippen LogP contribution < -0.4 is 0 Å². The van der Waals surface area contributed by atoms with Crippen LogP contribution in [-0.4, -0.2) is 37.7 Å². The van der Waals surface area contributed by atoms with Gasteiger partial charge in [-0.3, -0.25) is 0 Å². The lowest BCUT2D eigenvalue weighted by molar-refractivity contribution is -0.134. The average molecular weight is 283 g/mol. The Morgan fingerprint density at radius 1 is 1.33 bits per heavy atom. The van der Waals surface area contributed by atoms with E-state index in [1.807, 2.05) is 0 Å². The molecule has 1 rings (SSSR count). The molecular formula is C11H16F3NO2S. The number of halogens is 3. The molecule has 0 aromatic rings. The third-order valence-electron chi connectivity index (χ3n) is 2.68. The maximum Gasteiger partial charge on any atom is 0.389 e. The third-order valence-corrected chi connectivity index (χ3v) is 4.55. The van der Waals surface area contributed by atoms with Crippen LogP contribution in [0, 0.1) is 18.3 Å². The first-order chi connectivity index (χ1) is 8.24. The summed E-state index contributed by atoms with van der Waals surface area (Å²) in [4.78, 5) is 0. The standard InChI is InChI=1S/C11H16F3NO2S/c1-2-7-15(9-10-4-5-10)18(16,17)8-3-6-11(12,13)14/h1,10H,3-9H2. The van der Waals surface area contributed by atoms with E-state index in [1.165, 1.54) is 0 Å². The van der Waals surface area contributed by atoms with Gasteiger partial charge in [-0.15, -0.1) is 6.42 Å². The maximum atomic E-state index is 12.0. The van der Waals surface area contributed by atoms with Crippen molar-refractivity contribution in [2.45, 2.75) is 31.9 Å². The third kappa shape index (κ3) is 5.74. The molecule has 0 spiro atoms. The van der Waals surface area contributed by atoms with Crippen LogP contribution in [0.1, 0.15) is 25.7 Å². The van der Waals surface area contributed by atoms with E-state index in [0.29, 0.717) is 12.5 Å². The lowest BCUT2D eigenvalue weighted by Gasteiger charge is -2.19. The van der Waals surface area contributed by atoms with Crippen molar-refractivity contribution in [3.63, 3.8) is 0 Å². The predicted molar refractivity (Wildman–Crippen MR) is 62.2 cm³/mol. The topological polar surface area (TPSA) is 37.4 Å². The largest absolute Gasteiger partial charge is 0.389 e. The van der Waals surface area contributed by atoms with Gasteiger partial charge in [-0.1, -0.05) is 5.92 Å². The summed E-state index contributed by atoms with van der Waals surface area (Å²) in [6.07, 6.45) is 1.18. The lowest BCUT2D eigenvalue weighted by Crippen LogP contribution is -2.35.